The summed E-state index contributed by atoms with van der Waals surface area (Å²) < 4.78 is 1.91. The summed E-state index contributed by atoms with van der Waals surface area (Å²) in [6.45, 7) is 6.11. The molecule has 2 aromatic heterocycles. The van der Waals surface area contributed by atoms with E-state index in [1.165, 1.54) is 0 Å². The topological polar surface area (TPSA) is 84.7 Å². The fraction of sp³-hybridized carbons (Fsp3) is 0.143. The quantitative estimate of drug-likeness (QED) is 0.330. The Morgan fingerprint density at radius 2 is 1.74 bits per heavy atom. The Kier molecular flexibility index (Phi) is 5.97. The summed E-state index contributed by atoms with van der Waals surface area (Å²) in [5.41, 5.74) is 6.36. The number of anilines is 2. The first-order chi connectivity index (χ1) is 17.0. The van der Waals surface area contributed by atoms with Crippen molar-refractivity contribution in [1.29, 1.82) is 0 Å². The van der Waals surface area contributed by atoms with Crippen molar-refractivity contribution in [1.82, 2.24) is 19.5 Å². The summed E-state index contributed by atoms with van der Waals surface area (Å²) in [5.74, 6) is 1.10. The van der Waals surface area contributed by atoms with Gasteiger partial charge in [-0.25, -0.2) is 9.97 Å². The minimum Gasteiger partial charge on any atom is -0.348 e. The van der Waals surface area contributed by atoms with Crippen molar-refractivity contribution in [3.05, 3.63) is 108 Å². The number of rotatable bonds is 6. The Hall–Kier alpha value is -4.52. The van der Waals surface area contributed by atoms with E-state index in [1.807, 2.05) is 79.1 Å². The number of aromatic nitrogens is 4. The molecule has 0 aliphatic carbocycles. The lowest BCUT2D eigenvalue weighted by Gasteiger charge is -2.14. The van der Waals surface area contributed by atoms with Gasteiger partial charge in [0.05, 0.1) is 17.1 Å². The van der Waals surface area contributed by atoms with Crippen LogP contribution in [0.2, 0.25) is 0 Å². The van der Waals surface area contributed by atoms with E-state index in [9.17, 15) is 4.79 Å². The number of carbonyl (C=O) groups is 1. The Bertz CT molecular complexity index is 1510. The number of imidazole rings is 1. The highest BCUT2D eigenvalue weighted by Gasteiger charge is 2.12. The Balaban J connectivity index is 1.36. The van der Waals surface area contributed by atoms with Crippen LogP contribution in [-0.4, -0.2) is 25.4 Å². The van der Waals surface area contributed by atoms with Gasteiger partial charge < -0.3 is 10.6 Å². The maximum absolute atomic E-state index is 12.7. The molecule has 3 aromatic carbocycles. The van der Waals surface area contributed by atoms with E-state index in [0.29, 0.717) is 23.0 Å². The van der Waals surface area contributed by atoms with Gasteiger partial charge in [0.1, 0.15) is 12.1 Å². The van der Waals surface area contributed by atoms with E-state index in [2.05, 4.69) is 44.6 Å². The molecule has 0 unspecified atom stereocenters. The van der Waals surface area contributed by atoms with Crippen LogP contribution in [0.1, 0.15) is 40.0 Å². The van der Waals surface area contributed by atoms with Crippen LogP contribution in [0.3, 0.4) is 0 Å². The Morgan fingerprint density at radius 1 is 0.914 bits per heavy atom. The smallest absolute Gasteiger partial charge is 0.255 e. The molecule has 0 spiro atoms. The SMILES string of the molecule is Cc1ccc(C(=O)Nc2ccc3c(c2)ncn3-c2ccnc(N[C@@H](C)c3ccccc3)n2)cc1C. The minimum absolute atomic E-state index is 0.0643. The predicted octanol–water partition coefficient (Wildman–Crippen LogP) is 5.86. The molecule has 0 fully saturated rings. The molecular weight excluding hydrogens is 436 g/mol. The average Bonchev–Trinajstić information content (AvgIpc) is 3.29. The molecule has 0 radical (unpaired) electrons. The molecule has 1 amide bonds. The third-order valence-corrected chi connectivity index (χ3v) is 6.11. The third-order valence-electron chi connectivity index (χ3n) is 6.11. The predicted molar refractivity (Wildman–Crippen MR) is 139 cm³/mol. The van der Waals surface area contributed by atoms with Crippen LogP contribution in [0.4, 0.5) is 11.6 Å². The number of hydrogen-bond donors (Lipinski definition) is 2. The molecule has 7 nitrogen and oxygen atoms in total. The number of benzene rings is 3. The lowest BCUT2D eigenvalue weighted by atomic mass is 10.1. The van der Waals surface area contributed by atoms with Crippen LogP contribution < -0.4 is 10.6 Å². The van der Waals surface area contributed by atoms with Crippen LogP contribution in [-0.2, 0) is 0 Å². The fourth-order valence-electron chi connectivity index (χ4n) is 3.93. The van der Waals surface area contributed by atoms with Crippen molar-refractivity contribution in [3.8, 4) is 5.82 Å². The highest BCUT2D eigenvalue weighted by Crippen LogP contribution is 2.23. The van der Waals surface area contributed by atoms with Gasteiger partial charge in [-0.05, 0) is 73.9 Å². The first kappa shape index (κ1) is 22.3. The zero-order valence-electron chi connectivity index (χ0n) is 19.9. The van der Waals surface area contributed by atoms with E-state index in [-0.39, 0.29) is 11.9 Å². The third kappa shape index (κ3) is 4.75. The largest absolute Gasteiger partial charge is 0.348 e. The zero-order chi connectivity index (χ0) is 24.4. The Labute approximate surface area is 203 Å². The molecule has 1 atom stereocenters. The number of hydrogen-bond acceptors (Lipinski definition) is 5. The molecule has 0 bridgehead atoms. The standard InChI is InChI=1S/C28H26N6O/c1-18-9-10-22(15-19(18)2)27(35)32-23-11-12-25-24(16-23)30-17-34(25)26-13-14-29-28(33-26)31-20(3)21-7-5-4-6-8-21/h4-17,20H,1-3H3,(H,32,35)(H,29,31,33)/t20-/m0/s1. The van der Waals surface area contributed by atoms with Gasteiger partial charge in [0.15, 0.2) is 0 Å². The van der Waals surface area contributed by atoms with Gasteiger partial charge in [-0.15, -0.1) is 0 Å². The van der Waals surface area contributed by atoms with E-state index >= 15 is 0 Å². The first-order valence-electron chi connectivity index (χ1n) is 11.5. The molecule has 174 valence electrons. The first-order valence-corrected chi connectivity index (χ1v) is 11.5. The fourth-order valence-corrected chi connectivity index (χ4v) is 3.93. The highest BCUT2D eigenvalue weighted by atomic mass is 16.1. The van der Waals surface area contributed by atoms with Crippen molar-refractivity contribution < 1.29 is 4.79 Å². The molecule has 7 heteroatoms. The summed E-state index contributed by atoms with van der Waals surface area (Å²) >= 11 is 0. The molecule has 2 N–H and O–H groups in total. The lowest BCUT2D eigenvalue weighted by Crippen LogP contribution is -2.12. The van der Waals surface area contributed by atoms with Gasteiger partial charge in [-0.1, -0.05) is 36.4 Å². The van der Waals surface area contributed by atoms with Gasteiger partial charge in [0, 0.05) is 17.4 Å². The molecule has 0 aliphatic rings. The number of carbonyl (C=O) groups excluding carboxylic acids is 1. The van der Waals surface area contributed by atoms with Gasteiger partial charge in [-0.3, -0.25) is 9.36 Å². The lowest BCUT2D eigenvalue weighted by molar-refractivity contribution is 0.102. The summed E-state index contributed by atoms with van der Waals surface area (Å²) in [4.78, 5) is 26.3. The summed E-state index contributed by atoms with van der Waals surface area (Å²) in [6, 6.07) is 23.4. The number of nitrogens with one attached hydrogen (secondary N) is 2. The molecular formula is C28H26N6O. The van der Waals surface area contributed by atoms with Crippen molar-refractivity contribution in [2.24, 2.45) is 0 Å². The molecule has 2 heterocycles. The molecule has 0 saturated heterocycles. The van der Waals surface area contributed by atoms with E-state index in [4.69, 9.17) is 0 Å². The van der Waals surface area contributed by atoms with Crippen molar-refractivity contribution in [2.45, 2.75) is 26.8 Å². The van der Waals surface area contributed by atoms with Crippen LogP contribution in [0.15, 0.2) is 85.3 Å². The second-order valence-electron chi connectivity index (χ2n) is 8.59. The van der Waals surface area contributed by atoms with Crippen LogP contribution in [0.25, 0.3) is 16.9 Å². The van der Waals surface area contributed by atoms with Gasteiger partial charge >= 0.3 is 0 Å². The monoisotopic (exact) mass is 462 g/mol. The van der Waals surface area contributed by atoms with Gasteiger partial charge in [0.25, 0.3) is 5.91 Å². The highest BCUT2D eigenvalue weighted by molar-refractivity contribution is 6.05. The van der Waals surface area contributed by atoms with Gasteiger partial charge in [0.2, 0.25) is 5.95 Å². The summed E-state index contributed by atoms with van der Waals surface area (Å²) in [7, 11) is 0. The number of nitrogens with zero attached hydrogens (tertiary/aromatic N) is 4. The van der Waals surface area contributed by atoms with Crippen molar-refractivity contribution in [2.75, 3.05) is 10.6 Å². The van der Waals surface area contributed by atoms with Crippen molar-refractivity contribution in [3.63, 3.8) is 0 Å². The molecule has 0 saturated carbocycles. The normalized spacial score (nSPS) is 11.9. The zero-order valence-corrected chi connectivity index (χ0v) is 19.9. The van der Waals surface area contributed by atoms with Crippen LogP contribution in [0.5, 0.6) is 0 Å². The summed E-state index contributed by atoms with van der Waals surface area (Å²) in [6.07, 6.45) is 3.46. The Morgan fingerprint density at radius 3 is 2.54 bits per heavy atom. The van der Waals surface area contributed by atoms with Crippen molar-refractivity contribution >= 4 is 28.6 Å². The van der Waals surface area contributed by atoms with E-state index < -0.39 is 0 Å². The van der Waals surface area contributed by atoms with E-state index in [0.717, 1.165) is 27.7 Å². The molecule has 5 aromatic rings. The second kappa shape index (κ2) is 9.38. The van der Waals surface area contributed by atoms with Gasteiger partial charge in [-0.2, -0.15) is 4.98 Å². The average molecular weight is 463 g/mol. The maximum atomic E-state index is 12.7. The molecule has 5 rings (SSSR count). The van der Waals surface area contributed by atoms with Crippen LogP contribution in [0, 0.1) is 13.8 Å². The maximum Gasteiger partial charge on any atom is 0.255 e. The molecule has 0 aliphatic heterocycles. The molecule has 35 heavy (non-hydrogen) atoms. The number of fused-ring (bicyclic) bond motifs is 1. The second-order valence-corrected chi connectivity index (χ2v) is 8.59. The van der Waals surface area contributed by atoms with Crippen LogP contribution >= 0.6 is 0 Å². The number of aryl methyl sites for hydroxylation is 2. The van der Waals surface area contributed by atoms with E-state index in [1.54, 1.807) is 12.5 Å². The number of amides is 1. The minimum atomic E-state index is -0.147. The summed E-state index contributed by atoms with van der Waals surface area (Å²) in [5, 5.41) is 6.33.